The third kappa shape index (κ3) is 4.77. The van der Waals surface area contributed by atoms with Crippen LogP contribution in [0.1, 0.15) is 12.5 Å². The minimum absolute atomic E-state index is 0.0505. The van der Waals surface area contributed by atoms with Crippen LogP contribution in [0.5, 0.6) is 17.2 Å². The molecule has 0 atom stereocenters. The first-order valence-corrected chi connectivity index (χ1v) is 7.99. The maximum absolute atomic E-state index is 12.4. The molecule has 26 heavy (non-hydrogen) atoms. The van der Waals surface area contributed by atoms with Crippen molar-refractivity contribution < 1.29 is 19.0 Å². The van der Waals surface area contributed by atoms with Gasteiger partial charge in [-0.05, 0) is 55.5 Å². The fraction of sp³-hybridized carbons (Fsp3) is 0.200. The second kappa shape index (κ2) is 9.14. The third-order valence-electron chi connectivity index (χ3n) is 3.52. The fourth-order valence-electron chi connectivity index (χ4n) is 2.26. The van der Waals surface area contributed by atoms with Crippen LogP contribution in [0.3, 0.4) is 0 Å². The first-order valence-electron chi connectivity index (χ1n) is 7.99. The molecule has 0 aromatic heterocycles. The van der Waals surface area contributed by atoms with Gasteiger partial charge in [-0.25, -0.2) is 0 Å². The van der Waals surface area contributed by atoms with Crippen LogP contribution in [0, 0.1) is 11.3 Å². The monoisotopic (exact) mass is 352 g/mol. The number of rotatable bonds is 7. The number of carbonyl (C=O) groups excluding carboxylic acids is 1. The van der Waals surface area contributed by atoms with Gasteiger partial charge in [0.1, 0.15) is 28.9 Å². The minimum Gasteiger partial charge on any atom is -0.497 e. The molecule has 0 radical (unpaired) electrons. The molecule has 0 aliphatic carbocycles. The SMILES string of the molecule is CCOc1ccc(NC(=O)/C(C#N)=C\c2cc(OC)ccc2OC)cc1. The van der Waals surface area contributed by atoms with Crippen LogP contribution < -0.4 is 19.5 Å². The van der Waals surface area contributed by atoms with Gasteiger partial charge in [0.2, 0.25) is 0 Å². The van der Waals surface area contributed by atoms with E-state index in [4.69, 9.17) is 14.2 Å². The Morgan fingerprint density at radius 3 is 2.38 bits per heavy atom. The van der Waals surface area contributed by atoms with Gasteiger partial charge < -0.3 is 19.5 Å². The maximum atomic E-state index is 12.4. The summed E-state index contributed by atoms with van der Waals surface area (Å²) in [5.74, 6) is 1.33. The Kier molecular flexibility index (Phi) is 6.63. The van der Waals surface area contributed by atoms with Crippen molar-refractivity contribution in [1.82, 2.24) is 0 Å². The molecule has 2 aromatic rings. The highest BCUT2D eigenvalue weighted by atomic mass is 16.5. The Bertz CT molecular complexity index is 836. The van der Waals surface area contributed by atoms with E-state index in [2.05, 4.69) is 5.32 Å². The molecule has 0 heterocycles. The van der Waals surface area contributed by atoms with Crippen molar-refractivity contribution in [2.45, 2.75) is 6.92 Å². The van der Waals surface area contributed by atoms with Gasteiger partial charge in [0, 0.05) is 11.3 Å². The Labute approximate surface area is 152 Å². The molecular weight excluding hydrogens is 332 g/mol. The molecular formula is C20H20N2O4. The summed E-state index contributed by atoms with van der Waals surface area (Å²) < 4.78 is 15.8. The number of nitrogens with zero attached hydrogens (tertiary/aromatic N) is 1. The second-order valence-electron chi connectivity index (χ2n) is 5.19. The number of benzene rings is 2. The molecule has 0 spiro atoms. The van der Waals surface area contributed by atoms with E-state index < -0.39 is 5.91 Å². The molecule has 0 aliphatic rings. The lowest BCUT2D eigenvalue weighted by atomic mass is 10.1. The second-order valence-corrected chi connectivity index (χ2v) is 5.19. The van der Waals surface area contributed by atoms with Crippen molar-refractivity contribution >= 4 is 17.7 Å². The Hall–Kier alpha value is -3.46. The number of methoxy groups -OCH3 is 2. The van der Waals surface area contributed by atoms with E-state index in [1.165, 1.54) is 13.2 Å². The van der Waals surface area contributed by atoms with E-state index in [-0.39, 0.29) is 5.57 Å². The molecule has 0 aliphatic heterocycles. The Balaban J connectivity index is 2.23. The van der Waals surface area contributed by atoms with Crippen LogP contribution in [0.15, 0.2) is 48.0 Å². The van der Waals surface area contributed by atoms with Crippen LogP contribution in [-0.2, 0) is 4.79 Å². The van der Waals surface area contributed by atoms with Gasteiger partial charge in [-0.3, -0.25) is 4.79 Å². The number of carbonyl (C=O) groups is 1. The highest BCUT2D eigenvalue weighted by Crippen LogP contribution is 2.26. The fourth-order valence-corrected chi connectivity index (χ4v) is 2.26. The summed E-state index contributed by atoms with van der Waals surface area (Å²) >= 11 is 0. The lowest BCUT2D eigenvalue weighted by Crippen LogP contribution is -2.13. The summed E-state index contributed by atoms with van der Waals surface area (Å²) in [6.07, 6.45) is 1.46. The largest absolute Gasteiger partial charge is 0.497 e. The summed E-state index contributed by atoms with van der Waals surface area (Å²) in [5.41, 5.74) is 1.09. The molecule has 6 heteroatoms. The molecule has 0 saturated carbocycles. The first kappa shape index (κ1) is 18.9. The van der Waals surface area contributed by atoms with Gasteiger partial charge in [-0.2, -0.15) is 5.26 Å². The van der Waals surface area contributed by atoms with Crippen molar-refractivity contribution in [3.8, 4) is 23.3 Å². The van der Waals surface area contributed by atoms with Crippen molar-refractivity contribution in [3.05, 3.63) is 53.6 Å². The summed E-state index contributed by atoms with van der Waals surface area (Å²) in [6.45, 7) is 2.46. The molecule has 1 amide bonds. The van der Waals surface area contributed by atoms with E-state index in [1.54, 1.807) is 49.6 Å². The van der Waals surface area contributed by atoms with Crippen LogP contribution in [-0.4, -0.2) is 26.7 Å². The molecule has 134 valence electrons. The lowest BCUT2D eigenvalue weighted by molar-refractivity contribution is -0.112. The summed E-state index contributed by atoms with van der Waals surface area (Å²) in [6, 6.07) is 14.0. The number of anilines is 1. The minimum atomic E-state index is -0.512. The normalized spacial score (nSPS) is 10.6. The van der Waals surface area contributed by atoms with Gasteiger partial charge in [0.15, 0.2) is 0 Å². The third-order valence-corrected chi connectivity index (χ3v) is 3.52. The van der Waals surface area contributed by atoms with Gasteiger partial charge in [0.05, 0.1) is 20.8 Å². The van der Waals surface area contributed by atoms with Crippen LogP contribution in [0.4, 0.5) is 5.69 Å². The highest BCUT2D eigenvalue weighted by molar-refractivity contribution is 6.09. The highest BCUT2D eigenvalue weighted by Gasteiger charge is 2.12. The topological polar surface area (TPSA) is 80.6 Å². The quantitative estimate of drug-likeness (QED) is 0.608. The van der Waals surface area contributed by atoms with E-state index >= 15 is 0 Å². The van der Waals surface area contributed by atoms with E-state index in [0.29, 0.717) is 35.1 Å². The summed E-state index contributed by atoms with van der Waals surface area (Å²) in [7, 11) is 3.06. The Morgan fingerprint density at radius 2 is 1.81 bits per heavy atom. The number of amides is 1. The lowest BCUT2D eigenvalue weighted by Gasteiger charge is -2.09. The van der Waals surface area contributed by atoms with Gasteiger partial charge in [-0.15, -0.1) is 0 Å². The zero-order valence-electron chi connectivity index (χ0n) is 14.9. The number of hydrogen-bond donors (Lipinski definition) is 1. The standard InChI is InChI=1S/C20H20N2O4/c1-4-26-17-7-5-16(6-8-17)22-20(23)15(13-21)11-14-12-18(24-2)9-10-19(14)25-3/h5-12H,4H2,1-3H3,(H,22,23)/b15-11-. The molecule has 1 N–H and O–H groups in total. The van der Waals surface area contributed by atoms with E-state index in [0.717, 1.165) is 0 Å². The van der Waals surface area contributed by atoms with Gasteiger partial charge in [0.25, 0.3) is 5.91 Å². The van der Waals surface area contributed by atoms with Crippen molar-refractivity contribution in [2.75, 3.05) is 26.1 Å². The first-order chi connectivity index (χ1) is 12.6. The molecule has 0 unspecified atom stereocenters. The van der Waals surface area contributed by atoms with Crippen LogP contribution in [0.25, 0.3) is 6.08 Å². The number of ether oxygens (including phenoxy) is 3. The number of hydrogen-bond acceptors (Lipinski definition) is 5. The number of nitrogens with one attached hydrogen (secondary N) is 1. The average molecular weight is 352 g/mol. The molecule has 0 fully saturated rings. The molecule has 2 aromatic carbocycles. The summed E-state index contributed by atoms with van der Waals surface area (Å²) in [5, 5.41) is 12.1. The average Bonchev–Trinajstić information content (AvgIpc) is 2.67. The van der Waals surface area contributed by atoms with Crippen LogP contribution >= 0.6 is 0 Å². The number of nitriles is 1. The zero-order valence-corrected chi connectivity index (χ0v) is 14.9. The molecule has 0 saturated heterocycles. The zero-order chi connectivity index (χ0) is 18.9. The van der Waals surface area contributed by atoms with Crippen molar-refractivity contribution in [3.63, 3.8) is 0 Å². The van der Waals surface area contributed by atoms with E-state index in [1.807, 2.05) is 13.0 Å². The van der Waals surface area contributed by atoms with Gasteiger partial charge >= 0.3 is 0 Å². The van der Waals surface area contributed by atoms with Gasteiger partial charge in [-0.1, -0.05) is 0 Å². The predicted molar refractivity (Wildman–Crippen MR) is 99.4 cm³/mol. The van der Waals surface area contributed by atoms with Crippen molar-refractivity contribution in [1.29, 1.82) is 5.26 Å². The predicted octanol–water partition coefficient (Wildman–Crippen LogP) is 3.65. The smallest absolute Gasteiger partial charge is 0.266 e. The summed E-state index contributed by atoms with van der Waals surface area (Å²) in [4.78, 5) is 12.4. The Morgan fingerprint density at radius 1 is 1.12 bits per heavy atom. The molecule has 0 bridgehead atoms. The van der Waals surface area contributed by atoms with Crippen LogP contribution in [0.2, 0.25) is 0 Å². The maximum Gasteiger partial charge on any atom is 0.266 e. The molecule has 6 nitrogen and oxygen atoms in total. The van der Waals surface area contributed by atoms with E-state index in [9.17, 15) is 10.1 Å². The van der Waals surface area contributed by atoms with Crippen molar-refractivity contribution in [2.24, 2.45) is 0 Å². The molecule has 2 rings (SSSR count).